The average molecular weight is 407 g/mol. The van der Waals surface area contributed by atoms with Crippen LogP contribution in [0.4, 0.5) is 13.2 Å². The molecule has 154 valence electrons. The molecule has 1 saturated heterocycles. The number of piperidine rings is 1. The molecule has 10 heteroatoms. The molecule has 0 spiro atoms. The summed E-state index contributed by atoms with van der Waals surface area (Å²) < 4.78 is 47.6. The van der Waals surface area contributed by atoms with Crippen LogP contribution in [0.15, 0.2) is 29.3 Å². The highest BCUT2D eigenvalue weighted by Gasteiger charge is 2.37. The topological polar surface area (TPSA) is 77.0 Å². The van der Waals surface area contributed by atoms with Crippen LogP contribution in [-0.2, 0) is 17.5 Å². The van der Waals surface area contributed by atoms with Crippen molar-refractivity contribution in [2.75, 3.05) is 13.1 Å². The first-order valence-corrected chi connectivity index (χ1v) is 9.40. The molecule has 0 bridgehead atoms. The van der Waals surface area contributed by atoms with E-state index in [-0.39, 0.29) is 34.3 Å². The summed E-state index contributed by atoms with van der Waals surface area (Å²) in [7, 11) is 0. The van der Waals surface area contributed by atoms with E-state index in [9.17, 15) is 18.0 Å². The van der Waals surface area contributed by atoms with E-state index in [0.29, 0.717) is 38.9 Å². The maximum Gasteiger partial charge on any atom is 0.417 e. The molecule has 7 nitrogen and oxygen atoms in total. The van der Waals surface area contributed by atoms with Gasteiger partial charge in [-0.25, -0.2) is 9.97 Å². The van der Waals surface area contributed by atoms with Crippen LogP contribution in [0, 0.1) is 6.92 Å². The lowest BCUT2D eigenvalue weighted by Gasteiger charge is -2.32. The number of nitrogens with zero attached hydrogens (tertiary/aromatic N) is 5. The van der Waals surface area contributed by atoms with Gasteiger partial charge in [0.15, 0.2) is 0 Å². The molecule has 0 N–H and O–H groups in total. The number of aryl methyl sites for hydroxylation is 2. The molecule has 0 radical (unpaired) electrons. The summed E-state index contributed by atoms with van der Waals surface area (Å²) in [5, 5.41) is 3.53. The molecular formula is C19H20F3N5O2. The zero-order valence-electron chi connectivity index (χ0n) is 15.8. The second-order valence-corrected chi connectivity index (χ2v) is 7.27. The van der Waals surface area contributed by atoms with Crippen molar-refractivity contribution in [1.29, 1.82) is 0 Å². The van der Waals surface area contributed by atoms with Gasteiger partial charge in [-0.3, -0.25) is 4.79 Å². The lowest BCUT2D eigenvalue weighted by molar-refractivity contribution is -0.136. The van der Waals surface area contributed by atoms with Gasteiger partial charge in [0.25, 0.3) is 5.71 Å². The quantitative estimate of drug-likeness (QED) is 0.661. The summed E-state index contributed by atoms with van der Waals surface area (Å²) in [6.07, 6.45) is 2.21. The van der Waals surface area contributed by atoms with Gasteiger partial charge < -0.3 is 14.0 Å². The maximum absolute atomic E-state index is 13.6. The van der Waals surface area contributed by atoms with Gasteiger partial charge in [0, 0.05) is 44.4 Å². The predicted molar refractivity (Wildman–Crippen MR) is 96.9 cm³/mol. The lowest BCUT2D eigenvalue weighted by Crippen LogP contribution is -2.39. The summed E-state index contributed by atoms with van der Waals surface area (Å²) in [6, 6.07) is 1.08. The van der Waals surface area contributed by atoms with E-state index in [1.807, 2.05) is 4.57 Å². The van der Waals surface area contributed by atoms with Gasteiger partial charge >= 0.3 is 6.18 Å². The van der Waals surface area contributed by atoms with Gasteiger partial charge in [0.05, 0.1) is 28.7 Å². The third-order valence-electron chi connectivity index (χ3n) is 5.28. The Bertz CT molecular complexity index is 1010. The number of fused-ring (bicyclic) bond motifs is 1. The van der Waals surface area contributed by atoms with Crippen LogP contribution in [0.1, 0.15) is 42.1 Å². The standard InChI is InChI=1S/C19H20F3N5O2/c1-12-17-14(19(20,21)22)9-15(24-18(17)29-25-12)13-3-2-6-27(10-13)16(28)4-7-26-8-5-23-11-26/h5,8-9,11,13H,2-4,6-7,10H2,1H3/t13-/m0/s1. The Morgan fingerprint density at radius 3 is 2.93 bits per heavy atom. The van der Waals surface area contributed by atoms with Crippen molar-refractivity contribution in [1.82, 2.24) is 24.6 Å². The third kappa shape index (κ3) is 3.96. The number of carbonyl (C=O) groups excluding carboxylic acids is 1. The number of pyridine rings is 1. The summed E-state index contributed by atoms with van der Waals surface area (Å²) >= 11 is 0. The number of carbonyl (C=O) groups is 1. The number of hydrogen-bond acceptors (Lipinski definition) is 5. The molecule has 4 heterocycles. The molecule has 4 rings (SSSR count). The minimum Gasteiger partial charge on any atom is -0.342 e. The Balaban J connectivity index is 1.55. The van der Waals surface area contributed by atoms with Crippen LogP contribution in [-0.4, -0.2) is 43.6 Å². The zero-order valence-corrected chi connectivity index (χ0v) is 15.8. The van der Waals surface area contributed by atoms with Crippen molar-refractivity contribution >= 4 is 17.0 Å². The van der Waals surface area contributed by atoms with Crippen LogP contribution in [0.25, 0.3) is 11.1 Å². The second-order valence-electron chi connectivity index (χ2n) is 7.27. The van der Waals surface area contributed by atoms with E-state index >= 15 is 0 Å². The molecule has 0 unspecified atom stereocenters. The molecule has 1 atom stereocenters. The number of aromatic nitrogens is 4. The van der Waals surface area contributed by atoms with E-state index in [4.69, 9.17) is 4.52 Å². The molecule has 0 aliphatic carbocycles. The fraction of sp³-hybridized carbons (Fsp3) is 0.474. The molecule has 3 aromatic rings. The Labute approximate surface area is 164 Å². The molecule has 0 saturated carbocycles. The number of alkyl halides is 3. The van der Waals surface area contributed by atoms with Crippen molar-refractivity contribution in [3.8, 4) is 0 Å². The smallest absolute Gasteiger partial charge is 0.342 e. The van der Waals surface area contributed by atoms with Gasteiger partial charge in [-0.05, 0) is 25.8 Å². The molecule has 3 aromatic heterocycles. The monoisotopic (exact) mass is 407 g/mol. The fourth-order valence-corrected chi connectivity index (χ4v) is 3.79. The number of halogens is 3. The number of amides is 1. The van der Waals surface area contributed by atoms with Crippen molar-refractivity contribution in [3.63, 3.8) is 0 Å². The molecule has 1 aliphatic heterocycles. The number of rotatable bonds is 4. The first-order valence-electron chi connectivity index (χ1n) is 9.40. The SMILES string of the molecule is Cc1noc2nc([C@H]3CCCN(C(=O)CCn4ccnc4)C3)cc(C(F)(F)F)c12. The van der Waals surface area contributed by atoms with E-state index in [1.54, 1.807) is 23.6 Å². The summed E-state index contributed by atoms with van der Waals surface area (Å²) in [5.74, 6) is -0.312. The Hall–Kier alpha value is -2.91. The Kier molecular flexibility index (Phi) is 5.01. The number of likely N-dealkylation sites (tertiary alicyclic amines) is 1. The second kappa shape index (κ2) is 7.49. The highest BCUT2D eigenvalue weighted by molar-refractivity contribution is 5.81. The van der Waals surface area contributed by atoms with Crippen LogP contribution in [0.5, 0.6) is 0 Å². The fourth-order valence-electron chi connectivity index (χ4n) is 3.79. The minimum absolute atomic E-state index is 0.0315. The van der Waals surface area contributed by atoms with E-state index in [0.717, 1.165) is 6.07 Å². The number of imidazole rings is 1. The zero-order chi connectivity index (χ0) is 20.6. The molecule has 1 fully saturated rings. The molecule has 1 aliphatic rings. The van der Waals surface area contributed by atoms with Crippen molar-refractivity contribution < 1.29 is 22.5 Å². The highest BCUT2D eigenvalue weighted by atomic mass is 19.4. The van der Waals surface area contributed by atoms with Crippen LogP contribution < -0.4 is 0 Å². The highest BCUT2D eigenvalue weighted by Crippen LogP contribution is 2.38. The molecular weight excluding hydrogens is 387 g/mol. The largest absolute Gasteiger partial charge is 0.417 e. The summed E-state index contributed by atoms with van der Waals surface area (Å²) in [5.41, 5.74) is -0.463. The van der Waals surface area contributed by atoms with Gasteiger partial charge in [0.2, 0.25) is 5.91 Å². The molecule has 29 heavy (non-hydrogen) atoms. The normalized spacial score (nSPS) is 17.8. The average Bonchev–Trinajstić information content (AvgIpc) is 3.35. The van der Waals surface area contributed by atoms with Gasteiger partial charge in [-0.15, -0.1) is 0 Å². The van der Waals surface area contributed by atoms with Gasteiger partial charge in [0.1, 0.15) is 0 Å². The molecule has 0 aromatic carbocycles. The lowest BCUT2D eigenvalue weighted by atomic mass is 9.92. The summed E-state index contributed by atoms with van der Waals surface area (Å²) in [6.45, 7) is 2.91. The van der Waals surface area contributed by atoms with E-state index in [2.05, 4.69) is 15.1 Å². The Morgan fingerprint density at radius 2 is 2.21 bits per heavy atom. The van der Waals surface area contributed by atoms with Gasteiger partial charge in [-0.1, -0.05) is 5.16 Å². The van der Waals surface area contributed by atoms with Crippen molar-refractivity contribution in [2.45, 2.75) is 44.8 Å². The van der Waals surface area contributed by atoms with Gasteiger partial charge in [-0.2, -0.15) is 13.2 Å². The third-order valence-corrected chi connectivity index (χ3v) is 5.28. The maximum atomic E-state index is 13.6. The van der Waals surface area contributed by atoms with E-state index in [1.165, 1.54) is 6.92 Å². The molecule has 1 amide bonds. The predicted octanol–water partition coefficient (Wildman–Crippen LogP) is 3.54. The van der Waals surface area contributed by atoms with E-state index < -0.39 is 11.7 Å². The summed E-state index contributed by atoms with van der Waals surface area (Å²) in [4.78, 5) is 22.5. The first-order chi connectivity index (χ1) is 13.8. The minimum atomic E-state index is -4.54. The van der Waals surface area contributed by atoms with Crippen molar-refractivity contribution in [3.05, 3.63) is 41.7 Å². The van der Waals surface area contributed by atoms with Crippen molar-refractivity contribution in [2.24, 2.45) is 0 Å². The first kappa shape index (κ1) is 19.4. The Morgan fingerprint density at radius 1 is 1.38 bits per heavy atom. The van der Waals surface area contributed by atoms with Crippen LogP contribution >= 0.6 is 0 Å². The number of hydrogen-bond donors (Lipinski definition) is 0. The van der Waals surface area contributed by atoms with Crippen LogP contribution in [0.3, 0.4) is 0 Å². The van der Waals surface area contributed by atoms with Crippen LogP contribution in [0.2, 0.25) is 0 Å².